The van der Waals surface area contributed by atoms with Gasteiger partial charge in [-0.3, -0.25) is 0 Å². The normalized spacial score (nSPS) is 29.0. The van der Waals surface area contributed by atoms with Crippen molar-refractivity contribution in [2.75, 3.05) is 7.05 Å². The van der Waals surface area contributed by atoms with Crippen LogP contribution in [0.25, 0.3) is 0 Å². The average molecular weight is 333 g/mol. The van der Waals surface area contributed by atoms with Crippen LogP contribution in [0.15, 0.2) is 23.1 Å². The number of benzene rings is 1. The fourth-order valence-corrected chi connectivity index (χ4v) is 5.05. The molecular weight excluding hydrogens is 315 g/mol. The van der Waals surface area contributed by atoms with Crippen LogP contribution in [0.3, 0.4) is 0 Å². The Labute approximate surface area is 129 Å². The molecule has 0 spiro atoms. The van der Waals surface area contributed by atoms with Crippen LogP contribution >= 0.6 is 11.6 Å². The molecule has 1 N–H and O–H groups in total. The van der Waals surface area contributed by atoms with E-state index in [9.17, 15) is 12.8 Å². The first-order chi connectivity index (χ1) is 9.89. The number of rotatable bonds is 3. The number of sulfonamides is 1. The maximum atomic E-state index is 14.0. The third-order valence-electron chi connectivity index (χ3n) is 4.54. The second-order valence-corrected chi connectivity index (χ2v) is 8.21. The maximum absolute atomic E-state index is 14.0. The molecule has 3 rings (SSSR count). The Hall–Kier alpha value is -0.690. The quantitative estimate of drug-likeness (QED) is 0.924. The Balaban J connectivity index is 1.89. The highest BCUT2D eigenvalue weighted by atomic mass is 35.5. The predicted molar refractivity (Wildman–Crippen MR) is 79.3 cm³/mol. The SMILES string of the molecule is CN(C1CC2CCC(C1)N2)S(=O)(=O)c1cccc(Cl)c1F. The molecule has 2 aliphatic rings. The largest absolute Gasteiger partial charge is 0.311 e. The highest BCUT2D eigenvalue weighted by molar-refractivity contribution is 7.89. The zero-order valence-electron chi connectivity index (χ0n) is 11.7. The molecule has 2 unspecified atom stereocenters. The third-order valence-corrected chi connectivity index (χ3v) is 6.76. The first kappa shape index (κ1) is 15.2. The molecular formula is C14H18ClFN2O2S. The molecule has 2 bridgehead atoms. The summed E-state index contributed by atoms with van der Waals surface area (Å²) in [6.07, 6.45) is 3.71. The number of piperidine rings is 1. The van der Waals surface area contributed by atoms with Gasteiger partial charge in [-0.2, -0.15) is 4.31 Å². The van der Waals surface area contributed by atoms with Gasteiger partial charge in [-0.25, -0.2) is 12.8 Å². The number of fused-ring (bicyclic) bond motifs is 2. The van der Waals surface area contributed by atoms with Gasteiger partial charge in [-0.1, -0.05) is 17.7 Å². The lowest BCUT2D eigenvalue weighted by Gasteiger charge is -2.34. The molecule has 21 heavy (non-hydrogen) atoms. The molecule has 0 amide bonds. The highest BCUT2D eigenvalue weighted by Crippen LogP contribution is 2.32. The molecule has 1 aromatic rings. The number of nitrogens with one attached hydrogen (secondary N) is 1. The number of hydrogen-bond acceptors (Lipinski definition) is 3. The minimum absolute atomic E-state index is 0.0906. The van der Waals surface area contributed by atoms with Gasteiger partial charge in [0.05, 0.1) is 5.02 Å². The lowest BCUT2D eigenvalue weighted by Crippen LogP contribution is -2.48. The zero-order valence-corrected chi connectivity index (χ0v) is 13.3. The summed E-state index contributed by atoms with van der Waals surface area (Å²) >= 11 is 5.70. The van der Waals surface area contributed by atoms with Gasteiger partial charge >= 0.3 is 0 Å². The molecule has 116 valence electrons. The van der Waals surface area contributed by atoms with Gasteiger partial charge in [0, 0.05) is 25.2 Å². The van der Waals surface area contributed by atoms with E-state index >= 15 is 0 Å². The molecule has 4 nitrogen and oxygen atoms in total. The third kappa shape index (κ3) is 2.70. The Morgan fingerprint density at radius 1 is 1.29 bits per heavy atom. The van der Waals surface area contributed by atoms with Crippen molar-refractivity contribution in [1.82, 2.24) is 9.62 Å². The lowest BCUT2D eigenvalue weighted by atomic mass is 10.0. The first-order valence-electron chi connectivity index (χ1n) is 7.07. The Bertz CT molecular complexity index is 640. The first-order valence-corrected chi connectivity index (χ1v) is 8.89. The van der Waals surface area contributed by atoms with E-state index in [-0.39, 0.29) is 16.0 Å². The van der Waals surface area contributed by atoms with E-state index in [1.807, 2.05) is 0 Å². The van der Waals surface area contributed by atoms with Crippen LogP contribution in [-0.2, 0) is 10.0 Å². The van der Waals surface area contributed by atoms with Crippen molar-refractivity contribution in [3.8, 4) is 0 Å². The number of halogens is 2. The molecule has 2 atom stereocenters. The van der Waals surface area contributed by atoms with E-state index in [1.165, 1.54) is 29.6 Å². The van der Waals surface area contributed by atoms with Crippen LogP contribution in [0.5, 0.6) is 0 Å². The van der Waals surface area contributed by atoms with E-state index in [0.29, 0.717) is 12.1 Å². The van der Waals surface area contributed by atoms with Gasteiger partial charge in [0.25, 0.3) is 0 Å². The van der Waals surface area contributed by atoms with Crippen LogP contribution in [-0.4, -0.2) is 37.9 Å². The Morgan fingerprint density at radius 2 is 1.90 bits per heavy atom. The molecule has 7 heteroatoms. The van der Waals surface area contributed by atoms with Gasteiger partial charge in [0.2, 0.25) is 10.0 Å². The van der Waals surface area contributed by atoms with Crippen LogP contribution < -0.4 is 5.32 Å². The van der Waals surface area contributed by atoms with Crippen molar-refractivity contribution in [3.63, 3.8) is 0 Å². The summed E-state index contributed by atoms with van der Waals surface area (Å²) in [5.74, 6) is -0.872. The van der Waals surface area contributed by atoms with E-state index in [1.54, 1.807) is 0 Å². The molecule has 1 aromatic carbocycles. The summed E-state index contributed by atoms with van der Waals surface area (Å²) in [7, 11) is -2.33. The van der Waals surface area contributed by atoms with Crippen molar-refractivity contribution in [2.45, 2.75) is 48.7 Å². The predicted octanol–water partition coefficient (Wildman–Crippen LogP) is 2.38. The van der Waals surface area contributed by atoms with Crippen LogP contribution in [0.1, 0.15) is 25.7 Å². The highest BCUT2D eigenvalue weighted by Gasteiger charge is 2.39. The van der Waals surface area contributed by atoms with Crippen LogP contribution in [0.4, 0.5) is 4.39 Å². The molecule has 0 aromatic heterocycles. The molecule has 2 heterocycles. The van der Waals surface area contributed by atoms with Crippen molar-refractivity contribution >= 4 is 21.6 Å². The van der Waals surface area contributed by atoms with E-state index in [2.05, 4.69) is 5.32 Å². The zero-order chi connectivity index (χ0) is 15.2. The van der Waals surface area contributed by atoms with Gasteiger partial charge in [-0.15, -0.1) is 0 Å². The smallest absolute Gasteiger partial charge is 0.246 e. The molecule has 0 aliphatic carbocycles. The Morgan fingerprint density at radius 3 is 2.52 bits per heavy atom. The summed E-state index contributed by atoms with van der Waals surface area (Å²) < 4.78 is 40.6. The standard InChI is InChI=1S/C14H18ClFN2O2S/c1-18(11-7-9-5-6-10(8-11)17-9)21(19,20)13-4-2-3-12(15)14(13)16/h2-4,9-11,17H,5-8H2,1H3. The van der Waals surface area contributed by atoms with E-state index in [4.69, 9.17) is 11.6 Å². The average Bonchev–Trinajstić information content (AvgIpc) is 2.79. The number of nitrogens with zero attached hydrogens (tertiary/aromatic N) is 1. The van der Waals surface area contributed by atoms with E-state index in [0.717, 1.165) is 25.7 Å². The van der Waals surface area contributed by atoms with E-state index < -0.39 is 15.8 Å². The van der Waals surface area contributed by atoms with Crippen molar-refractivity contribution < 1.29 is 12.8 Å². The van der Waals surface area contributed by atoms with Gasteiger partial charge in [0.1, 0.15) is 4.90 Å². The summed E-state index contributed by atoms with van der Waals surface area (Å²) in [6, 6.07) is 4.72. The van der Waals surface area contributed by atoms with Crippen molar-refractivity contribution in [2.24, 2.45) is 0 Å². The Kier molecular flexibility index (Phi) is 3.98. The van der Waals surface area contributed by atoms with Gasteiger partial charge in [0.15, 0.2) is 5.82 Å². The minimum atomic E-state index is -3.86. The molecule has 0 radical (unpaired) electrons. The van der Waals surface area contributed by atoms with Gasteiger partial charge < -0.3 is 5.32 Å². The summed E-state index contributed by atoms with van der Waals surface area (Å²) in [6.45, 7) is 0. The summed E-state index contributed by atoms with van der Waals surface area (Å²) in [5, 5.41) is 3.30. The van der Waals surface area contributed by atoms with Crippen molar-refractivity contribution in [3.05, 3.63) is 29.0 Å². The topological polar surface area (TPSA) is 49.4 Å². The molecule has 2 saturated heterocycles. The van der Waals surface area contributed by atoms with Gasteiger partial charge in [-0.05, 0) is 37.8 Å². The molecule has 2 fully saturated rings. The van der Waals surface area contributed by atoms with Crippen molar-refractivity contribution in [1.29, 1.82) is 0 Å². The molecule has 0 saturated carbocycles. The van der Waals surface area contributed by atoms with Crippen LogP contribution in [0.2, 0.25) is 5.02 Å². The second-order valence-electron chi connectivity index (χ2n) is 5.84. The fraction of sp³-hybridized carbons (Fsp3) is 0.571. The summed E-state index contributed by atoms with van der Waals surface area (Å²) in [4.78, 5) is -0.344. The monoisotopic (exact) mass is 332 g/mol. The number of hydrogen-bond donors (Lipinski definition) is 1. The fourth-order valence-electron chi connectivity index (χ4n) is 3.36. The summed E-state index contributed by atoms with van der Waals surface area (Å²) in [5.41, 5.74) is 0. The van der Waals surface area contributed by atoms with Crippen LogP contribution in [0, 0.1) is 5.82 Å². The molecule has 2 aliphatic heterocycles. The maximum Gasteiger partial charge on any atom is 0.246 e. The minimum Gasteiger partial charge on any atom is -0.311 e. The second kappa shape index (κ2) is 5.50. The lowest BCUT2D eigenvalue weighted by molar-refractivity contribution is 0.251.